The lowest BCUT2D eigenvalue weighted by Crippen LogP contribution is -2.35. The van der Waals surface area contributed by atoms with E-state index in [9.17, 15) is 0 Å². The Morgan fingerprint density at radius 2 is 1.18 bits per heavy atom. The van der Waals surface area contributed by atoms with Gasteiger partial charge in [-0.05, 0) is 74.2 Å². The third kappa shape index (κ3) is 4.03. The molecule has 2 atom stereocenters. The first-order valence-electron chi connectivity index (χ1n) is 11.0. The maximum absolute atomic E-state index is 3.73. The van der Waals surface area contributed by atoms with Crippen LogP contribution in [0, 0.1) is 0 Å². The topological polar surface area (TPSA) is 30.5 Å². The van der Waals surface area contributed by atoms with Crippen LogP contribution >= 0.6 is 0 Å². The van der Waals surface area contributed by atoms with E-state index in [4.69, 9.17) is 0 Å². The van der Waals surface area contributed by atoms with Crippen LogP contribution in [0.3, 0.4) is 0 Å². The first kappa shape index (κ1) is 18.0. The van der Waals surface area contributed by atoms with Crippen LogP contribution in [0.15, 0.2) is 48.5 Å². The molecule has 3 aliphatic heterocycles. The zero-order valence-electron chi connectivity index (χ0n) is 16.7. The lowest BCUT2D eigenvalue weighted by molar-refractivity contribution is 0.252. The lowest BCUT2D eigenvalue weighted by Gasteiger charge is -2.27. The van der Waals surface area contributed by atoms with Gasteiger partial charge in [0.15, 0.2) is 0 Å². The van der Waals surface area contributed by atoms with Crippen molar-refractivity contribution in [1.29, 1.82) is 0 Å². The predicted molar refractivity (Wildman–Crippen MR) is 117 cm³/mol. The highest BCUT2D eigenvalue weighted by Gasteiger charge is 2.26. The highest BCUT2D eigenvalue weighted by molar-refractivity contribution is 5.47. The first-order valence-corrected chi connectivity index (χ1v) is 11.0. The summed E-state index contributed by atoms with van der Waals surface area (Å²) in [6.45, 7) is 6.60. The van der Waals surface area contributed by atoms with E-state index in [1.54, 1.807) is 0 Å². The molecule has 3 heterocycles. The molecule has 5 rings (SSSR count). The van der Waals surface area contributed by atoms with Gasteiger partial charge in [-0.2, -0.15) is 0 Å². The summed E-state index contributed by atoms with van der Waals surface area (Å²) < 4.78 is 0. The van der Waals surface area contributed by atoms with E-state index >= 15 is 0 Å². The summed E-state index contributed by atoms with van der Waals surface area (Å²) in [5.74, 6) is 0. The third-order valence-electron chi connectivity index (χ3n) is 6.71. The summed E-state index contributed by atoms with van der Waals surface area (Å²) >= 11 is 0. The van der Waals surface area contributed by atoms with E-state index < -0.39 is 0 Å². The largest absolute Gasteiger partial charge is 0.383 e. The van der Waals surface area contributed by atoms with E-state index in [-0.39, 0.29) is 0 Å². The maximum Gasteiger partial charge on any atom is 0.0343 e. The van der Waals surface area contributed by atoms with Crippen LogP contribution in [-0.2, 0) is 13.1 Å². The summed E-state index contributed by atoms with van der Waals surface area (Å²) in [5, 5.41) is 7.46. The van der Waals surface area contributed by atoms with Gasteiger partial charge >= 0.3 is 0 Å². The molecule has 2 aromatic carbocycles. The van der Waals surface area contributed by atoms with Crippen molar-refractivity contribution in [1.82, 2.24) is 9.80 Å². The molecule has 0 amide bonds. The number of benzene rings is 2. The molecule has 0 spiro atoms. The van der Waals surface area contributed by atoms with Gasteiger partial charge in [-0.15, -0.1) is 0 Å². The fourth-order valence-electron chi connectivity index (χ4n) is 5.17. The fourth-order valence-corrected chi connectivity index (χ4v) is 5.17. The van der Waals surface area contributed by atoms with Crippen LogP contribution in [0.25, 0.3) is 0 Å². The van der Waals surface area contributed by atoms with Gasteiger partial charge in [0, 0.05) is 49.6 Å². The molecule has 4 nitrogen and oxygen atoms in total. The van der Waals surface area contributed by atoms with E-state index in [1.807, 2.05) is 0 Å². The maximum atomic E-state index is 3.73. The molecule has 28 heavy (non-hydrogen) atoms. The summed E-state index contributed by atoms with van der Waals surface area (Å²) in [4.78, 5) is 5.31. The molecule has 148 valence electrons. The molecule has 3 aliphatic rings. The highest BCUT2D eigenvalue weighted by Crippen LogP contribution is 2.25. The minimum absolute atomic E-state index is 0.621. The second-order valence-corrected chi connectivity index (χ2v) is 8.70. The molecule has 4 bridgehead atoms. The minimum Gasteiger partial charge on any atom is -0.383 e. The lowest BCUT2D eigenvalue weighted by atomic mass is 10.1. The van der Waals surface area contributed by atoms with E-state index in [2.05, 4.69) is 69.0 Å². The molecule has 4 heteroatoms. The first-order chi connectivity index (χ1) is 13.8. The second-order valence-electron chi connectivity index (χ2n) is 8.70. The zero-order valence-corrected chi connectivity index (χ0v) is 16.7. The molecule has 0 aliphatic carbocycles. The molecule has 0 aromatic heterocycles. The smallest absolute Gasteiger partial charge is 0.0343 e. The molecular weight excluding hydrogens is 344 g/mol. The molecule has 0 radical (unpaired) electrons. The van der Waals surface area contributed by atoms with Crippen LogP contribution in [-0.4, -0.2) is 48.1 Å². The van der Waals surface area contributed by atoms with Crippen molar-refractivity contribution in [2.45, 2.75) is 50.9 Å². The Balaban J connectivity index is 1.41. The van der Waals surface area contributed by atoms with Crippen molar-refractivity contribution in [2.24, 2.45) is 0 Å². The summed E-state index contributed by atoms with van der Waals surface area (Å²) in [7, 11) is 0. The average Bonchev–Trinajstić information content (AvgIpc) is 3.34. The van der Waals surface area contributed by atoms with Crippen molar-refractivity contribution in [2.75, 3.05) is 36.8 Å². The molecule has 2 aromatic rings. The van der Waals surface area contributed by atoms with Crippen molar-refractivity contribution >= 4 is 11.4 Å². The SMILES string of the molecule is c1cc2cc(c1)NC[C@@H]1CCCN1Cc1cccc(c1)NC[C@@H]1CCCN1C2. The van der Waals surface area contributed by atoms with Gasteiger partial charge in [-0.25, -0.2) is 0 Å². The second kappa shape index (κ2) is 8.14. The average molecular weight is 377 g/mol. The highest BCUT2D eigenvalue weighted by atomic mass is 15.2. The zero-order chi connectivity index (χ0) is 18.8. The van der Waals surface area contributed by atoms with E-state index in [0.717, 1.165) is 26.2 Å². The number of hydrogen-bond acceptors (Lipinski definition) is 4. The van der Waals surface area contributed by atoms with Gasteiger partial charge in [0.2, 0.25) is 0 Å². The normalized spacial score (nSPS) is 26.1. The van der Waals surface area contributed by atoms with Gasteiger partial charge in [0.05, 0.1) is 0 Å². The molecular formula is C24H32N4. The Hall–Kier alpha value is -2.04. The van der Waals surface area contributed by atoms with Gasteiger partial charge in [0.1, 0.15) is 0 Å². The van der Waals surface area contributed by atoms with Crippen molar-refractivity contribution < 1.29 is 0 Å². The van der Waals surface area contributed by atoms with Crippen LogP contribution in [0.4, 0.5) is 11.4 Å². The summed E-state index contributed by atoms with van der Waals surface area (Å²) in [6, 6.07) is 19.4. The standard InChI is InChI=1S/C24H32N4/c1-5-19-13-21(7-1)25-15-23-9-4-12-28(23)18-20-6-2-8-22(14-20)26-16-24-10-3-11-27(24)17-19/h1-2,5-8,13-14,23-26H,3-4,9-12,15-18H2/t23-,24-/m0/s1. The molecule has 2 fully saturated rings. The Bertz CT molecular complexity index is 737. The number of rotatable bonds is 0. The number of nitrogens with one attached hydrogen (secondary N) is 2. The van der Waals surface area contributed by atoms with Crippen LogP contribution < -0.4 is 10.6 Å². The quantitative estimate of drug-likeness (QED) is 0.723. The molecule has 0 saturated carbocycles. The van der Waals surface area contributed by atoms with Gasteiger partial charge in [-0.1, -0.05) is 24.3 Å². The Labute approximate surface area is 168 Å². The third-order valence-corrected chi connectivity index (χ3v) is 6.71. The molecule has 2 N–H and O–H groups in total. The summed E-state index contributed by atoms with van der Waals surface area (Å²) in [6.07, 6.45) is 5.20. The Morgan fingerprint density at radius 1 is 0.679 bits per heavy atom. The van der Waals surface area contributed by atoms with Crippen LogP contribution in [0.1, 0.15) is 36.8 Å². The number of fused-ring (bicyclic) bond motifs is 6. The summed E-state index contributed by atoms with van der Waals surface area (Å²) in [5.41, 5.74) is 5.39. The van der Waals surface area contributed by atoms with Gasteiger partial charge in [0.25, 0.3) is 0 Å². The van der Waals surface area contributed by atoms with Crippen molar-refractivity contribution in [3.05, 3.63) is 59.7 Å². The number of anilines is 2. The van der Waals surface area contributed by atoms with Crippen molar-refractivity contribution in [3.63, 3.8) is 0 Å². The van der Waals surface area contributed by atoms with Gasteiger partial charge < -0.3 is 10.6 Å². The van der Waals surface area contributed by atoms with Gasteiger partial charge in [-0.3, -0.25) is 9.80 Å². The predicted octanol–water partition coefficient (Wildman–Crippen LogP) is 4.15. The van der Waals surface area contributed by atoms with E-state index in [1.165, 1.54) is 61.3 Å². The Kier molecular flexibility index (Phi) is 5.24. The van der Waals surface area contributed by atoms with E-state index in [0.29, 0.717) is 12.1 Å². The molecule has 2 saturated heterocycles. The number of hydrogen-bond donors (Lipinski definition) is 2. The number of nitrogens with zero attached hydrogens (tertiary/aromatic N) is 2. The monoisotopic (exact) mass is 376 g/mol. The van der Waals surface area contributed by atoms with Crippen LogP contribution in [0.2, 0.25) is 0 Å². The molecule has 0 unspecified atom stereocenters. The van der Waals surface area contributed by atoms with Crippen molar-refractivity contribution in [3.8, 4) is 0 Å². The minimum atomic E-state index is 0.621. The Morgan fingerprint density at radius 3 is 1.68 bits per heavy atom. The fraction of sp³-hybridized carbons (Fsp3) is 0.500. The van der Waals surface area contributed by atoms with Crippen LogP contribution in [0.5, 0.6) is 0 Å².